The van der Waals surface area contributed by atoms with Crippen LogP contribution < -0.4 is 0 Å². The highest BCUT2D eigenvalue weighted by Crippen LogP contribution is 2.42. The molecule has 2 nitrogen and oxygen atoms in total. The predicted octanol–water partition coefficient (Wildman–Crippen LogP) is 4.17. The average Bonchev–Trinajstić information content (AvgIpc) is 2.21. The number of pyridine rings is 1. The van der Waals surface area contributed by atoms with Gasteiger partial charge in [-0.25, -0.2) is 4.98 Å². The molecular weight excluding hydrogens is 300 g/mol. The number of nitrogens with zero attached hydrogens (tertiary/aromatic N) is 1. The Morgan fingerprint density at radius 3 is 2.07 bits per heavy atom. The maximum Gasteiger partial charge on any atom is 0.150 e. The number of aromatic nitrogens is 1. The largest absolute Gasteiger partial charge is 0.395 e. The average molecular weight is 307 g/mol. The molecule has 1 aromatic heterocycles. The molecule has 1 N–H and O–H groups in total. The molecule has 0 aliphatic carbocycles. The third kappa shape index (κ3) is 3.29. The van der Waals surface area contributed by atoms with E-state index in [2.05, 4.69) is 4.98 Å². The molecular formula is C8H7Cl4NOS. The Kier molecular flexibility index (Phi) is 5.29. The Bertz CT molecular complexity index is 348. The van der Waals surface area contributed by atoms with Crippen molar-refractivity contribution in [3.05, 3.63) is 20.4 Å². The van der Waals surface area contributed by atoms with Crippen LogP contribution in [-0.4, -0.2) is 21.9 Å². The molecule has 7 heteroatoms. The van der Waals surface area contributed by atoms with Crippen molar-refractivity contribution in [2.24, 2.45) is 0 Å². The van der Waals surface area contributed by atoms with Crippen LogP contribution in [0.3, 0.4) is 0 Å². The minimum Gasteiger partial charge on any atom is -0.395 e. The first kappa shape index (κ1) is 13.7. The van der Waals surface area contributed by atoms with Gasteiger partial charge in [0, 0.05) is 5.25 Å². The van der Waals surface area contributed by atoms with E-state index in [1.54, 1.807) is 0 Å². The lowest BCUT2D eigenvalue weighted by molar-refractivity contribution is 0.300. The Hall–Kier alpha value is 0.620. The molecule has 0 saturated heterocycles. The van der Waals surface area contributed by atoms with E-state index < -0.39 is 0 Å². The zero-order chi connectivity index (χ0) is 11.6. The van der Waals surface area contributed by atoms with Gasteiger partial charge in [-0.2, -0.15) is 0 Å². The summed E-state index contributed by atoms with van der Waals surface area (Å²) in [4.78, 5) is 4.30. The lowest BCUT2D eigenvalue weighted by Crippen LogP contribution is -2.02. The smallest absolute Gasteiger partial charge is 0.150 e. The van der Waals surface area contributed by atoms with Crippen LogP contribution in [0.2, 0.25) is 20.4 Å². The molecule has 1 unspecified atom stereocenters. The van der Waals surface area contributed by atoms with Crippen molar-refractivity contribution in [1.29, 1.82) is 0 Å². The van der Waals surface area contributed by atoms with Crippen LogP contribution >= 0.6 is 58.2 Å². The van der Waals surface area contributed by atoms with Crippen LogP contribution in [0.4, 0.5) is 0 Å². The lowest BCUT2D eigenvalue weighted by atomic mass is 10.5. The van der Waals surface area contributed by atoms with Crippen molar-refractivity contribution in [2.45, 2.75) is 17.1 Å². The molecule has 0 radical (unpaired) electrons. The van der Waals surface area contributed by atoms with Crippen molar-refractivity contribution in [3.63, 3.8) is 0 Å². The Morgan fingerprint density at radius 1 is 1.20 bits per heavy atom. The minimum absolute atomic E-state index is 0.00881. The standard InChI is InChI=1S/C8H7Cl4NOS/c1-3(2-14)15-6-4(9)7(11)13-8(12)5(6)10/h3,14H,2H2,1H3. The molecule has 0 aromatic carbocycles. The number of halogens is 4. The van der Waals surface area contributed by atoms with E-state index in [1.165, 1.54) is 11.8 Å². The summed E-state index contributed by atoms with van der Waals surface area (Å²) in [5.74, 6) is 0. The molecule has 0 fully saturated rings. The fraction of sp³-hybridized carbons (Fsp3) is 0.375. The fourth-order valence-electron chi connectivity index (χ4n) is 0.810. The van der Waals surface area contributed by atoms with Crippen LogP contribution in [0.15, 0.2) is 4.90 Å². The first-order chi connectivity index (χ1) is 6.97. The van der Waals surface area contributed by atoms with Gasteiger partial charge in [-0.3, -0.25) is 0 Å². The van der Waals surface area contributed by atoms with Crippen LogP contribution in [-0.2, 0) is 0 Å². The van der Waals surface area contributed by atoms with Gasteiger partial charge in [0.1, 0.15) is 0 Å². The number of thioether (sulfide) groups is 1. The summed E-state index contributed by atoms with van der Waals surface area (Å²) in [5.41, 5.74) is 0. The maximum absolute atomic E-state index is 8.93. The number of rotatable bonds is 3. The number of aliphatic hydroxyl groups is 1. The van der Waals surface area contributed by atoms with Crippen molar-refractivity contribution in [2.75, 3.05) is 6.61 Å². The van der Waals surface area contributed by atoms with Crippen molar-refractivity contribution < 1.29 is 5.11 Å². The first-order valence-electron chi connectivity index (χ1n) is 3.94. The second-order valence-electron chi connectivity index (χ2n) is 2.76. The molecule has 0 amide bonds. The van der Waals surface area contributed by atoms with Gasteiger partial charge in [0.2, 0.25) is 0 Å². The van der Waals surface area contributed by atoms with E-state index >= 15 is 0 Å². The van der Waals surface area contributed by atoms with E-state index in [9.17, 15) is 0 Å². The summed E-state index contributed by atoms with van der Waals surface area (Å²) in [6, 6.07) is 0. The van der Waals surface area contributed by atoms with Crippen molar-refractivity contribution >= 4 is 58.2 Å². The molecule has 0 saturated carbocycles. The van der Waals surface area contributed by atoms with Gasteiger partial charge in [0.15, 0.2) is 10.3 Å². The summed E-state index contributed by atoms with van der Waals surface area (Å²) >= 11 is 24.7. The topological polar surface area (TPSA) is 33.1 Å². The van der Waals surface area contributed by atoms with Crippen LogP contribution in [0.25, 0.3) is 0 Å². The third-order valence-electron chi connectivity index (χ3n) is 1.53. The fourth-order valence-corrected chi connectivity index (χ4v) is 2.79. The number of hydrogen-bond donors (Lipinski definition) is 1. The zero-order valence-electron chi connectivity index (χ0n) is 7.60. The molecule has 0 bridgehead atoms. The van der Waals surface area contributed by atoms with Gasteiger partial charge in [0.05, 0.1) is 21.5 Å². The van der Waals surface area contributed by atoms with E-state index in [-0.39, 0.29) is 32.2 Å². The zero-order valence-corrected chi connectivity index (χ0v) is 11.4. The molecule has 1 aromatic rings. The van der Waals surface area contributed by atoms with Gasteiger partial charge < -0.3 is 5.11 Å². The molecule has 1 atom stereocenters. The van der Waals surface area contributed by atoms with E-state index in [0.717, 1.165) is 0 Å². The van der Waals surface area contributed by atoms with Crippen molar-refractivity contribution in [1.82, 2.24) is 4.98 Å². The highest BCUT2D eigenvalue weighted by Gasteiger charge is 2.17. The molecule has 0 spiro atoms. The van der Waals surface area contributed by atoms with Crippen LogP contribution in [0.1, 0.15) is 6.92 Å². The van der Waals surface area contributed by atoms with Gasteiger partial charge in [-0.1, -0.05) is 53.3 Å². The molecule has 0 aliphatic rings. The predicted molar refractivity (Wildman–Crippen MR) is 66.7 cm³/mol. The van der Waals surface area contributed by atoms with E-state index in [4.69, 9.17) is 51.5 Å². The summed E-state index contributed by atoms with van der Waals surface area (Å²) < 4.78 is 0. The van der Waals surface area contributed by atoms with Crippen LogP contribution in [0, 0.1) is 0 Å². The first-order valence-corrected chi connectivity index (χ1v) is 6.34. The van der Waals surface area contributed by atoms with E-state index in [0.29, 0.717) is 4.90 Å². The van der Waals surface area contributed by atoms with E-state index in [1.807, 2.05) is 6.92 Å². The second kappa shape index (κ2) is 5.80. The summed E-state index contributed by atoms with van der Waals surface area (Å²) in [5, 5.41) is 9.62. The Balaban J connectivity index is 3.15. The third-order valence-corrected chi connectivity index (χ3v) is 4.43. The van der Waals surface area contributed by atoms with Gasteiger partial charge in [-0.05, 0) is 0 Å². The Labute approximate surface area is 112 Å². The highest BCUT2D eigenvalue weighted by molar-refractivity contribution is 8.00. The highest BCUT2D eigenvalue weighted by atomic mass is 35.5. The molecule has 84 valence electrons. The van der Waals surface area contributed by atoms with Gasteiger partial charge >= 0.3 is 0 Å². The second-order valence-corrected chi connectivity index (χ2v) is 5.68. The quantitative estimate of drug-likeness (QED) is 0.672. The van der Waals surface area contributed by atoms with Gasteiger partial charge in [0.25, 0.3) is 0 Å². The molecule has 1 rings (SSSR count). The number of hydrogen-bond acceptors (Lipinski definition) is 3. The summed E-state index contributed by atoms with van der Waals surface area (Å²) in [6.45, 7) is 1.84. The monoisotopic (exact) mass is 305 g/mol. The molecule has 0 aliphatic heterocycles. The van der Waals surface area contributed by atoms with Crippen molar-refractivity contribution in [3.8, 4) is 0 Å². The SMILES string of the molecule is CC(CO)Sc1c(Cl)c(Cl)nc(Cl)c1Cl. The minimum atomic E-state index is -0.0467. The molecule has 1 heterocycles. The number of aliphatic hydroxyl groups excluding tert-OH is 1. The van der Waals surface area contributed by atoms with Gasteiger partial charge in [-0.15, -0.1) is 11.8 Å². The summed E-state index contributed by atoms with van der Waals surface area (Å²) in [7, 11) is 0. The summed E-state index contributed by atoms with van der Waals surface area (Å²) in [6.07, 6.45) is 0. The Morgan fingerprint density at radius 2 is 1.67 bits per heavy atom. The van der Waals surface area contributed by atoms with Crippen LogP contribution in [0.5, 0.6) is 0 Å². The maximum atomic E-state index is 8.93. The lowest BCUT2D eigenvalue weighted by Gasteiger charge is -2.12. The normalized spacial score (nSPS) is 12.9. The molecule has 15 heavy (non-hydrogen) atoms.